The lowest BCUT2D eigenvalue weighted by molar-refractivity contribution is 0.259. The molecule has 0 bridgehead atoms. The first kappa shape index (κ1) is 16.0. The smallest absolute Gasteiger partial charge is 0.00187 e. The van der Waals surface area contributed by atoms with Crippen molar-refractivity contribution in [3.63, 3.8) is 0 Å². The van der Waals surface area contributed by atoms with Crippen LogP contribution >= 0.6 is 0 Å². The van der Waals surface area contributed by atoms with Gasteiger partial charge in [0.15, 0.2) is 0 Å². The third-order valence-corrected chi connectivity index (χ3v) is 3.23. The number of unbranched alkanes of at least 4 members (excludes halogenated alkanes) is 6. The van der Waals surface area contributed by atoms with Gasteiger partial charge in [0, 0.05) is 0 Å². The summed E-state index contributed by atoms with van der Waals surface area (Å²) in [6, 6.07) is 0. The topological polar surface area (TPSA) is 3.24 Å². The molecule has 0 N–H and O–H groups in total. The second-order valence-corrected chi connectivity index (χ2v) is 4.96. The number of rotatable bonds is 12. The summed E-state index contributed by atoms with van der Waals surface area (Å²) in [5, 5.41) is 0. The highest BCUT2D eigenvalue weighted by molar-refractivity contribution is 4.58. The normalized spacial score (nSPS) is 11.2. The Balaban J connectivity index is 3.48. The number of hydrogen-bond donors (Lipinski definition) is 0. The van der Waals surface area contributed by atoms with Gasteiger partial charge < -0.3 is 4.90 Å². The van der Waals surface area contributed by atoms with E-state index in [9.17, 15) is 0 Å². The van der Waals surface area contributed by atoms with E-state index >= 15 is 0 Å². The Kier molecular flexibility index (Phi) is 13.0. The van der Waals surface area contributed by atoms with E-state index in [1.54, 1.807) is 0 Å². The molecular formula is C15H33N. The Labute approximate surface area is 104 Å². The van der Waals surface area contributed by atoms with E-state index in [2.05, 4.69) is 25.7 Å². The molecule has 0 unspecified atom stereocenters. The lowest BCUT2D eigenvalue weighted by Crippen LogP contribution is -2.27. The molecule has 0 fully saturated rings. The molecule has 0 aliphatic rings. The maximum absolute atomic E-state index is 2.68. The van der Waals surface area contributed by atoms with Gasteiger partial charge in [0.1, 0.15) is 0 Å². The first-order valence-electron chi connectivity index (χ1n) is 7.57. The minimum absolute atomic E-state index is 1.32. The zero-order valence-electron chi connectivity index (χ0n) is 11.9. The van der Waals surface area contributed by atoms with Crippen LogP contribution in [0.3, 0.4) is 0 Å². The molecule has 0 aromatic carbocycles. The third-order valence-electron chi connectivity index (χ3n) is 3.23. The van der Waals surface area contributed by atoms with E-state index in [0.717, 1.165) is 0 Å². The van der Waals surface area contributed by atoms with E-state index in [4.69, 9.17) is 0 Å². The zero-order valence-corrected chi connectivity index (χ0v) is 11.9. The maximum atomic E-state index is 2.68. The number of nitrogens with zero attached hydrogens (tertiary/aromatic N) is 1. The highest BCUT2D eigenvalue weighted by Crippen LogP contribution is 2.06. The van der Waals surface area contributed by atoms with Crippen LogP contribution in [0.4, 0.5) is 0 Å². The molecule has 0 saturated carbocycles. The molecule has 16 heavy (non-hydrogen) atoms. The molecule has 0 radical (unpaired) electrons. The van der Waals surface area contributed by atoms with E-state index in [1.165, 1.54) is 77.4 Å². The average molecular weight is 227 g/mol. The molecule has 0 amide bonds. The fourth-order valence-corrected chi connectivity index (χ4v) is 2.04. The van der Waals surface area contributed by atoms with Gasteiger partial charge in [0.2, 0.25) is 0 Å². The maximum Gasteiger partial charge on any atom is -0.00187 e. The highest BCUT2D eigenvalue weighted by Gasteiger charge is 2.02. The van der Waals surface area contributed by atoms with Crippen LogP contribution in [0.25, 0.3) is 0 Å². The molecule has 0 rings (SSSR count). The van der Waals surface area contributed by atoms with Gasteiger partial charge in [0.05, 0.1) is 0 Å². The van der Waals surface area contributed by atoms with Crippen molar-refractivity contribution < 1.29 is 0 Å². The Morgan fingerprint density at radius 1 is 0.500 bits per heavy atom. The van der Waals surface area contributed by atoms with Crippen molar-refractivity contribution in [2.45, 2.75) is 78.6 Å². The van der Waals surface area contributed by atoms with E-state index in [1.807, 2.05) is 0 Å². The van der Waals surface area contributed by atoms with Crippen LogP contribution < -0.4 is 0 Å². The predicted octanol–water partition coefficient (Wildman–Crippen LogP) is 4.86. The highest BCUT2D eigenvalue weighted by atomic mass is 15.1. The lowest BCUT2D eigenvalue weighted by Gasteiger charge is -2.21. The molecular weight excluding hydrogens is 194 g/mol. The van der Waals surface area contributed by atoms with Gasteiger partial charge in [-0.15, -0.1) is 0 Å². The van der Waals surface area contributed by atoms with Crippen molar-refractivity contribution in [1.29, 1.82) is 0 Å². The molecule has 1 nitrogen and oxygen atoms in total. The number of hydrogen-bond acceptors (Lipinski definition) is 1. The molecule has 0 aliphatic carbocycles. The van der Waals surface area contributed by atoms with Gasteiger partial charge >= 0.3 is 0 Å². The first-order chi connectivity index (χ1) is 7.85. The second kappa shape index (κ2) is 13.0. The minimum atomic E-state index is 1.32. The van der Waals surface area contributed by atoms with E-state index < -0.39 is 0 Å². The van der Waals surface area contributed by atoms with Gasteiger partial charge in [-0.1, -0.05) is 59.3 Å². The van der Waals surface area contributed by atoms with Crippen molar-refractivity contribution in [2.24, 2.45) is 0 Å². The Bertz CT molecular complexity index is 115. The molecule has 0 saturated heterocycles. The quantitative estimate of drug-likeness (QED) is 0.430. The van der Waals surface area contributed by atoms with Gasteiger partial charge in [0.25, 0.3) is 0 Å². The zero-order chi connectivity index (χ0) is 12.1. The Morgan fingerprint density at radius 2 is 0.938 bits per heavy atom. The van der Waals surface area contributed by atoms with Crippen LogP contribution in [0.15, 0.2) is 0 Å². The first-order valence-corrected chi connectivity index (χ1v) is 7.57. The molecule has 98 valence electrons. The summed E-state index contributed by atoms with van der Waals surface area (Å²) in [6.07, 6.45) is 12.5. The fourth-order valence-electron chi connectivity index (χ4n) is 2.04. The third kappa shape index (κ3) is 10.5. The van der Waals surface area contributed by atoms with Crippen LogP contribution in [0.1, 0.15) is 78.6 Å². The van der Waals surface area contributed by atoms with Gasteiger partial charge in [-0.05, 0) is 38.9 Å². The molecule has 0 spiro atoms. The monoisotopic (exact) mass is 227 g/mol. The molecule has 0 aliphatic heterocycles. The summed E-state index contributed by atoms with van der Waals surface area (Å²) in [5.41, 5.74) is 0. The molecule has 1 heteroatoms. The summed E-state index contributed by atoms with van der Waals surface area (Å²) < 4.78 is 0. The fraction of sp³-hybridized carbons (Fsp3) is 1.00. The van der Waals surface area contributed by atoms with Gasteiger partial charge in [-0.25, -0.2) is 0 Å². The average Bonchev–Trinajstić information content (AvgIpc) is 2.31. The summed E-state index contributed by atoms with van der Waals surface area (Å²) in [7, 11) is 0. The van der Waals surface area contributed by atoms with Crippen molar-refractivity contribution in [3.8, 4) is 0 Å². The summed E-state index contributed by atoms with van der Waals surface area (Å²) in [5.74, 6) is 0. The van der Waals surface area contributed by atoms with Crippen molar-refractivity contribution in [1.82, 2.24) is 4.90 Å². The Hall–Kier alpha value is -0.0400. The Morgan fingerprint density at radius 3 is 1.44 bits per heavy atom. The van der Waals surface area contributed by atoms with Gasteiger partial charge in [-0.2, -0.15) is 0 Å². The minimum Gasteiger partial charge on any atom is -0.303 e. The van der Waals surface area contributed by atoms with Gasteiger partial charge in [-0.3, -0.25) is 0 Å². The summed E-state index contributed by atoms with van der Waals surface area (Å²) in [4.78, 5) is 2.68. The predicted molar refractivity (Wildman–Crippen MR) is 75.0 cm³/mol. The van der Waals surface area contributed by atoms with Crippen LogP contribution in [-0.2, 0) is 0 Å². The van der Waals surface area contributed by atoms with Crippen molar-refractivity contribution in [2.75, 3.05) is 19.6 Å². The molecule has 0 aromatic rings. The lowest BCUT2D eigenvalue weighted by atomic mass is 10.1. The largest absolute Gasteiger partial charge is 0.303 e. The van der Waals surface area contributed by atoms with Crippen molar-refractivity contribution in [3.05, 3.63) is 0 Å². The van der Waals surface area contributed by atoms with E-state index in [-0.39, 0.29) is 0 Å². The second-order valence-electron chi connectivity index (χ2n) is 4.96. The van der Waals surface area contributed by atoms with E-state index in [0.29, 0.717) is 0 Å². The van der Waals surface area contributed by atoms with Crippen LogP contribution in [0.2, 0.25) is 0 Å². The summed E-state index contributed by atoms with van der Waals surface area (Å²) in [6.45, 7) is 10.9. The molecule has 0 atom stereocenters. The standard InChI is InChI=1S/C15H33N/c1-4-7-10-11-12-15-16(13-8-5-2)14-9-6-3/h4-15H2,1-3H3. The van der Waals surface area contributed by atoms with Crippen LogP contribution in [-0.4, -0.2) is 24.5 Å². The SMILES string of the molecule is CCCCCCCN(CCCC)CCCC. The van der Waals surface area contributed by atoms with Crippen molar-refractivity contribution >= 4 is 0 Å². The van der Waals surface area contributed by atoms with Crippen LogP contribution in [0, 0.1) is 0 Å². The molecule has 0 heterocycles. The molecule has 0 aromatic heterocycles. The summed E-state index contributed by atoms with van der Waals surface area (Å²) >= 11 is 0. The van der Waals surface area contributed by atoms with Crippen LogP contribution in [0.5, 0.6) is 0 Å².